The Morgan fingerprint density at radius 1 is 0.516 bits per heavy atom. The minimum absolute atomic E-state index is 0.105. The van der Waals surface area contributed by atoms with Crippen LogP contribution in [0.3, 0.4) is 0 Å². The van der Waals surface area contributed by atoms with Crippen LogP contribution in [0.2, 0.25) is 0 Å². The second kappa shape index (κ2) is 28.7. The summed E-state index contributed by atoms with van der Waals surface area (Å²) < 4.78 is 22.0. The maximum atomic E-state index is 11.7. The van der Waals surface area contributed by atoms with Crippen molar-refractivity contribution >= 4 is 57.8 Å². The standard InChI is InChI=1S/C23H23N5O2.C22H20N6O3.C22H20N6O2/c1-4-17-15-25-28-16-19(30-6-3)13-20(23(17)28)18-7-8-21(24-14-18)26-9-11-27(12-10-26)22(29)5-2;1-2-21(30)27-7-5-26(6-8-27)20-4-3-16(13-24-20)19-11-18(31-10-9-29)15-28-22(19)17(12-23)14-25-28;1-3-21(29)27-9-7-26(8-10-27)20-6-5-16(13-24-20)19-11-18(30-4-2)15-28-22(19)17(12-23)14-25-28/h2,4,7-8,13-16H,1,6,9-12H2,3H3;1,3-4,11,13-15,29H,5-10H2;1,5-6,11,13-15H,4,7-10H2,2H3. The van der Waals surface area contributed by atoms with Gasteiger partial charge in [-0.25, -0.2) is 28.5 Å². The summed E-state index contributed by atoms with van der Waals surface area (Å²) in [5, 5.41) is 40.9. The van der Waals surface area contributed by atoms with Gasteiger partial charge in [0.1, 0.15) is 53.4 Å². The predicted octanol–water partition coefficient (Wildman–Crippen LogP) is 5.59. The number of piperazine rings is 3. The second-order valence-corrected chi connectivity index (χ2v) is 20.7. The number of carbonyl (C=O) groups excluding carboxylic acids is 3. The molecule has 0 aliphatic carbocycles. The van der Waals surface area contributed by atoms with Crippen LogP contribution in [0, 0.1) is 59.7 Å². The summed E-state index contributed by atoms with van der Waals surface area (Å²) in [4.78, 5) is 60.2. The highest BCUT2D eigenvalue weighted by atomic mass is 16.5. The molecule has 12 rings (SSSR count). The fourth-order valence-electron chi connectivity index (χ4n) is 10.9. The summed E-state index contributed by atoms with van der Waals surface area (Å²) in [7, 11) is 0. The van der Waals surface area contributed by atoms with Crippen LogP contribution < -0.4 is 28.9 Å². The third-order valence-electron chi connectivity index (χ3n) is 15.5. The first kappa shape index (κ1) is 62.2. The Morgan fingerprint density at radius 2 is 0.857 bits per heavy atom. The summed E-state index contributed by atoms with van der Waals surface area (Å²) in [5.41, 5.74) is 9.44. The van der Waals surface area contributed by atoms with Gasteiger partial charge < -0.3 is 48.7 Å². The van der Waals surface area contributed by atoms with E-state index in [-0.39, 0.29) is 30.9 Å². The number of hydrogen-bond acceptors (Lipinski definition) is 18. The fourth-order valence-corrected chi connectivity index (χ4v) is 10.9. The van der Waals surface area contributed by atoms with Crippen molar-refractivity contribution in [2.45, 2.75) is 13.8 Å². The van der Waals surface area contributed by atoms with Gasteiger partial charge in [0.15, 0.2) is 0 Å². The van der Waals surface area contributed by atoms with Crippen molar-refractivity contribution in [3.05, 3.63) is 134 Å². The first-order valence-electron chi connectivity index (χ1n) is 29.3. The number of terminal acetylenes is 3. The van der Waals surface area contributed by atoms with E-state index >= 15 is 0 Å². The maximum Gasteiger partial charge on any atom is 0.298 e. The van der Waals surface area contributed by atoms with Crippen molar-refractivity contribution in [3.8, 4) is 99.8 Å². The monoisotopic (exact) mass is 1220 g/mol. The Morgan fingerprint density at radius 3 is 1.16 bits per heavy atom. The van der Waals surface area contributed by atoms with Gasteiger partial charge >= 0.3 is 0 Å². The van der Waals surface area contributed by atoms with Gasteiger partial charge in [-0.1, -0.05) is 12.7 Å². The number of nitrogens with zero attached hydrogens (tertiary/aromatic N) is 17. The van der Waals surface area contributed by atoms with E-state index in [0.29, 0.717) is 120 Å². The molecule has 24 nitrogen and oxygen atoms in total. The highest BCUT2D eigenvalue weighted by Crippen LogP contribution is 2.35. The normalized spacial score (nSPS) is 13.7. The van der Waals surface area contributed by atoms with E-state index in [9.17, 15) is 24.9 Å². The van der Waals surface area contributed by atoms with Gasteiger partial charge in [0.25, 0.3) is 17.7 Å². The quantitative estimate of drug-likeness (QED) is 0.130. The molecule has 9 aromatic heterocycles. The number of aliphatic hydroxyl groups is 1. The fraction of sp³-hybridized carbons (Fsp3) is 0.269. The lowest BCUT2D eigenvalue weighted by Crippen LogP contribution is -2.48. The molecular formula is C67H63N17O7. The van der Waals surface area contributed by atoms with Crippen molar-refractivity contribution in [1.82, 2.24) is 58.5 Å². The van der Waals surface area contributed by atoms with Gasteiger partial charge in [-0.3, -0.25) is 14.4 Å². The molecule has 458 valence electrons. The third-order valence-corrected chi connectivity index (χ3v) is 15.5. The van der Waals surface area contributed by atoms with Crippen LogP contribution in [0.25, 0.3) is 56.0 Å². The lowest BCUT2D eigenvalue weighted by atomic mass is 10.0. The van der Waals surface area contributed by atoms with Crippen LogP contribution in [-0.4, -0.2) is 186 Å². The Bertz CT molecular complexity index is 4350. The number of fused-ring (bicyclic) bond motifs is 3. The van der Waals surface area contributed by atoms with Gasteiger partial charge in [-0.15, -0.1) is 19.3 Å². The topological polar surface area (TPSA) is 257 Å². The smallest absolute Gasteiger partial charge is 0.298 e. The van der Waals surface area contributed by atoms with Crippen LogP contribution in [0.15, 0.2) is 117 Å². The Labute approximate surface area is 525 Å². The summed E-state index contributed by atoms with van der Waals surface area (Å²) in [5.74, 6) is 10.1. The molecule has 9 aromatic rings. The van der Waals surface area contributed by atoms with E-state index in [2.05, 4.69) is 81.4 Å². The van der Waals surface area contributed by atoms with Gasteiger partial charge in [0.05, 0.1) is 84.7 Å². The number of aliphatic hydroxyl groups excluding tert-OH is 1. The van der Waals surface area contributed by atoms with Crippen LogP contribution >= 0.6 is 0 Å². The van der Waals surface area contributed by atoms with Gasteiger partial charge in [-0.2, -0.15) is 25.8 Å². The van der Waals surface area contributed by atoms with E-state index < -0.39 is 0 Å². The molecule has 3 saturated heterocycles. The average molecular weight is 1220 g/mol. The van der Waals surface area contributed by atoms with Gasteiger partial charge in [0.2, 0.25) is 0 Å². The molecule has 0 saturated carbocycles. The molecule has 0 unspecified atom stereocenters. The molecule has 3 fully saturated rings. The number of rotatable bonds is 14. The van der Waals surface area contributed by atoms with E-state index in [1.807, 2.05) is 85.4 Å². The lowest BCUT2D eigenvalue weighted by molar-refractivity contribution is -0.126. The van der Waals surface area contributed by atoms with E-state index in [1.54, 1.807) is 67.0 Å². The molecule has 0 atom stereocenters. The average Bonchev–Trinajstić information content (AvgIpc) is 1.88. The second-order valence-electron chi connectivity index (χ2n) is 20.7. The zero-order valence-corrected chi connectivity index (χ0v) is 50.2. The lowest BCUT2D eigenvalue weighted by Gasteiger charge is -2.34. The number of amides is 3. The molecule has 91 heavy (non-hydrogen) atoms. The number of nitriles is 2. The van der Waals surface area contributed by atoms with E-state index in [4.69, 9.17) is 38.6 Å². The number of anilines is 3. The molecule has 1 N–H and O–H groups in total. The molecule has 24 heteroatoms. The summed E-state index contributed by atoms with van der Waals surface area (Å²) in [6.45, 7) is 16.4. The van der Waals surface area contributed by atoms with Crippen molar-refractivity contribution in [2.75, 3.05) is 120 Å². The summed E-state index contributed by atoms with van der Waals surface area (Å²) in [6, 6.07) is 21.9. The Kier molecular flexibility index (Phi) is 19.6. The number of hydrogen-bond donors (Lipinski definition) is 1. The molecule has 0 radical (unpaired) electrons. The number of pyridine rings is 6. The van der Waals surface area contributed by atoms with Crippen LogP contribution in [0.4, 0.5) is 17.5 Å². The van der Waals surface area contributed by atoms with Gasteiger partial charge in [-0.05, 0) is 86.2 Å². The zero-order valence-electron chi connectivity index (χ0n) is 50.2. The van der Waals surface area contributed by atoms with Crippen LogP contribution in [-0.2, 0) is 14.4 Å². The molecule has 12 heterocycles. The van der Waals surface area contributed by atoms with Crippen LogP contribution in [0.5, 0.6) is 17.2 Å². The maximum absolute atomic E-state index is 11.7. The number of ether oxygens (including phenoxy) is 3. The SMILES string of the molecule is C#CC(=O)N1CCN(c2ccc(-c3cc(OCC)cn4ncc(C#N)c34)cn2)CC1.C#CC(=O)N1CCN(c2ccc(-c3cc(OCC)cn4ncc(C=C)c34)cn2)CC1.C#CC(=O)N1CCN(c2ccc(-c3cc(OCCO)cn4ncc(C#N)c34)cn2)CC1. The van der Waals surface area contributed by atoms with E-state index in [0.717, 1.165) is 73.2 Å². The Balaban J connectivity index is 0.000000150. The molecule has 0 aromatic carbocycles. The zero-order chi connectivity index (χ0) is 64.0. The first-order valence-corrected chi connectivity index (χ1v) is 29.3. The third kappa shape index (κ3) is 13.8. The van der Waals surface area contributed by atoms with E-state index in [1.165, 1.54) is 6.20 Å². The van der Waals surface area contributed by atoms with Crippen LogP contribution in [0.1, 0.15) is 30.5 Å². The van der Waals surface area contributed by atoms with Crippen molar-refractivity contribution < 1.29 is 33.7 Å². The largest absolute Gasteiger partial charge is 0.492 e. The molecule has 3 aliphatic rings. The van der Waals surface area contributed by atoms with Gasteiger partial charge in [0, 0.05) is 136 Å². The van der Waals surface area contributed by atoms with Crippen molar-refractivity contribution in [2.24, 2.45) is 0 Å². The minimum Gasteiger partial charge on any atom is -0.492 e. The highest BCUT2D eigenvalue weighted by Gasteiger charge is 2.25. The summed E-state index contributed by atoms with van der Waals surface area (Å²) in [6.07, 6.45) is 33.0. The Hall–Kier alpha value is -11.9. The highest BCUT2D eigenvalue weighted by molar-refractivity contribution is 5.94. The molecular weight excluding hydrogens is 1150 g/mol. The molecule has 0 bridgehead atoms. The molecule has 3 amide bonds. The summed E-state index contributed by atoms with van der Waals surface area (Å²) >= 11 is 0. The van der Waals surface area contributed by atoms with Crippen molar-refractivity contribution in [1.29, 1.82) is 10.5 Å². The number of aromatic nitrogens is 9. The predicted molar refractivity (Wildman–Crippen MR) is 343 cm³/mol. The molecule has 3 aliphatic heterocycles. The first-order chi connectivity index (χ1) is 44.4. The number of carbonyl (C=O) groups is 3. The van der Waals surface area contributed by atoms with Crippen molar-refractivity contribution in [3.63, 3.8) is 0 Å². The molecule has 0 spiro atoms. The minimum atomic E-state index is -0.288.